The Labute approximate surface area is 256 Å². The summed E-state index contributed by atoms with van der Waals surface area (Å²) in [5, 5.41) is 2.51. The number of rotatable bonds is 12. The predicted molar refractivity (Wildman–Crippen MR) is 157 cm³/mol. The summed E-state index contributed by atoms with van der Waals surface area (Å²) >= 11 is 0. The number of ether oxygens (including phenoxy) is 5. The molecule has 238 valence electrons. The van der Waals surface area contributed by atoms with Gasteiger partial charge < -0.3 is 29.0 Å². The van der Waals surface area contributed by atoms with E-state index >= 15 is 0 Å². The van der Waals surface area contributed by atoms with Crippen LogP contribution in [0.1, 0.15) is 57.1 Å². The van der Waals surface area contributed by atoms with E-state index in [9.17, 15) is 24.0 Å². The maximum Gasteiger partial charge on any atom is 0.332 e. The van der Waals surface area contributed by atoms with Crippen molar-refractivity contribution in [1.29, 1.82) is 0 Å². The number of cyclic esters (lactones) is 2. The number of hydrogen-bond donors (Lipinski definition) is 1. The van der Waals surface area contributed by atoms with Crippen LogP contribution in [0.4, 0.5) is 0 Å². The first-order valence-electron chi connectivity index (χ1n) is 14.5. The first-order valence-corrected chi connectivity index (χ1v) is 14.5. The number of ketones is 1. The van der Waals surface area contributed by atoms with Crippen molar-refractivity contribution in [2.45, 2.75) is 65.7 Å². The number of carbonyl (C=O) groups is 5. The second-order valence-corrected chi connectivity index (χ2v) is 11.1. The van der Waals surface area contributed by atoms with E-state index in [0.717, 1.165) is 5.56 Å². The second kappa shape index (κ2) is 15.8. The van der Waals surface area contributed by atoms with E-state index in [1.54, 1.807) is 27.7 Å². The van der Waals surface area contributed by atoms with Gasteiger partial charge in [0.15, 0.2) is 29.3 Å². The minimum Gasteiger partial charge on any atom is -0.493 e. The van der Waals surface area contributed by atoms with Gasteiger partial charge in [-0.05, 0) is 18.9 Å². The van der Waals surface area contributed by atoms with Gasteiger partial charge in [0.2, 0.25) is 0 Å². The average Bonchev–Trinajstić information content (AvgIpc) is 3.03. The third-order valence-electron chi connectivity index (χ3n) is 7.01. The summed E-state index contributed by atoms with van der Waals surface area (Å²) in [6.45, 7) is 7.79. The van der Waals surface area contributed by atoms with Crippen LogP contribution in [0.2, 0.25) is 0 Å². The number of benzene rings is 1. The van der Waals surface area contributed by atoms with Gasteiger partial charge >= 0.3 is 17.9 Å². The number of Topliss-reactive ketones (excluding diaryl/α,β-unsaturated/α-hetero) is 1. The molecular formula is C32H40N2O10. The lowest BCUT2D eigenvalue weighted by atomic mass is 9.91. The van der Waals surface area contributed by atoms with Gasteiger partial charge in [-0.2, -0.15) is 0 Å². The Hall–Kier alpha value is -4.48. The molecule has 44 heavy (non-hydrogen) atoms. The molecule has 1 fully saturated rings. The molecular weight excluding hydrogens is 572 g/mol. The van der Waals surface area contributed by atoms with Crippen LogP contribution in [0.25, 0.3) is 0 Å². The largest absolute Gasteiger partial charge is 0.493 e. The van der Waals surface area contributed by atoms with E-state index in [2.05, 4.69) is 10.3 Å². The minimum absolute atomic E-state index is 0.0190. The smallest absolute Gasteiger partial charge is 0.332 e. The Kier molecular flexibility index (Phi) is 12.2. The summed E-state index contributed by atoms with van der Waals surface area (Å²) in [4.78, 5) is 68.9. The molecule has 0 saturated carbocycles. The van der Waals surface area contributed by atoms with Crippen LogP contribution in [0.5, 0.6) is 11.5 Å². The summed E-state index contributed by atoms with van der Waals surface area (Å²) in [6.07, 6.45) is -0.624. The molecule has 2 aromatic rings. The number of hydrogen-bond acceptors (Lipinski definition) is 11. The highest BCUT2D eigenvalue weighted by Crippen LogP contribution is 2.30. The van der Waals surface area contributed by atoms with Crippen molar-refractivity contribution in [3.05, 3.63) is 53.9 Å². The van der Waals surface area contributed by atoms with Crippen molar-refractivity contribution in [2.75, 3.05) is 20.3 Å². The molecule has 3 rings (SSSR count). The monoisotopic (exact) mass is 612 g/mol. The quantitative estimate of drug-likeness (QED) is 0.278. The number of amides is 1. The molecule has 12 heteroatoms. The Morgan fingerprint density at radius 3 is 2.36 bits per heavy atom. The molecule has 0 spiro atoms. The standard InChI is InChI=1S/C32H40N2O10/c1-18(2)24(35)13-15-41-28-25(40-6)12-14-33-26(28)29(36)34-23-17-42-31(38)22(16-21-10-8-7-9-11-21)27(20(5)43-32(23)39)44-30(37)19(3)4/h7-12,14,18-20,22-23,27H,13,15-17H2,1-6H3,(H,34,36)/t20-,22+,23-,27-/m0/s1. The summed E-state index contributed by atoms with van der Waals surface area (Å²) in [5.41, 5.74) is 0.577. The van der Waals surface area contributed by atoms with E-state index in [1.165, 1.54) is 26.3 Å². The van der Waals surface area contributed by atoms with Gasteiger partial charge in [-0.25, -0.2) is 9.78 Å². The third kappa shape index (κ3) is 9.01. The van der Waals surface area contributed by atoms with Crippen molar-refractivity contribution in [1.82, 2.24) is 10.3 Å². The highest BCUT2D eigenvalue weighted by atomic mass is 16.6. The van der Waals surface area contributed by atoms with Gasteiger partial charge in [0, 0.05) is 24.6 Å². The molecule has 0 bridgehead atoms. The van der Waals surface area contributed by atoms with E-state index in [-0.39, 0.29) is 48.3 Å². The number of nitrogens with zero attached hydrogens (tertiary/aromatic N) is 1. The van der Waals surface area contributed by atoms with Crippen molar-refractivity contribution in [3.8, 4) is 11.5 Å². The molecule has 1 aromatic carbocycles. The molecule has 1 aliphatic rings. The number of methoxy groups -OCH3 is 1. The fraction of sp³-hybridized carbons (Fsp3) is 0.500. The first kappa shape index (κ1) is 34.0. The summed E-state index contributed by atoms with van der Waals surface area (Å²) in [7, 11) is 1.38. The van der Waals surface area contributed by atoms with Crippen LogP contribution < -0.4 is 14.8 Å². The molecule has 1 saturated heterocycles. The molecule has 1 aromatic heterocycles. The van der Waals surface area contributed by atoms with Crippen molar-refractivity contribution in [3.63, 3.8) is 0 Å². The van der Waals surface area contributed by atoms with E-state index < -0.39 is 60.5 Å². The molecule has 0 unspecified atom stereocenters. The van der Waals surface area contributed by atoms with Crippen LogP contribution in [0, 0.1) is 17.8 Å². The van der Waals surface area contributed by atoms with Crippen molar-refractivity contribution in [2.24, 2.45) is 17.8 Å². The fourth-order valence-electron chi connectivity index (χ4n) is 4.41. The molecule has 4 atom stereocenters. The number of esters is 3. The number of carbonyl (C=O) groups excluding carboxylic acids is 5. The number of nitrogens with one attached hydrogen (secondary N) is 1. The summed E-state index contributed by atoms with van der Waals surface area (Å²) < 4.78 is 27.9. The third-order valence-corrected chi connectivity index (χ3v) is 7.01. The lowest BCUT2D eigenvalue weighted by Crippen LogP contribution is -2.47. The Bertz CT molecular complexity index is 1330. The Balaban J connectivity index is 1.85. The lowest BCUT2D eigenvalue weighted by Gasteiger charge is -2.29. The summed E-state index contributed by atoms with van der Waals surface area (Å²) in [5.74, 6) is -4.55. The zero-order valence-electron chi connectivity index (χ0n) is 25.9. The molecule has 1 N–H and O–H groups in total. The van der Waals surface area contributed by atoms with Gasteiger partial charge in [0.1, 0.15) is 24.4 Å². The lowest BCUT2D eigenvalue weighted by molar-refractivity contribution is -0.176. The van der Waals surface area contributed by atoms with Gasteiger partial charge in [0.25, 0.3) is 5.91 Å². The molecule has 1 aliphatic heterocycles. The molecule has 12 nitrogen and oxygen atoms in total. The van der Waals surface area contributed by atoms with Crippen molar-refractivity contribution < 1.29 is 47.7 Å². The van der Waals surface area contributed by atoms with Crippen LogP contribution in [0.3, 0.4) is 0 Å². The number of aromatic nitrogens is 1. The molecule has 0 radical (unpaired) electrons. The molecule has 0 aliphatic carbocycles. The molecule has 1 amide bonds. The zero-order valence-corrected chi connectivity index (χ0v) is 25.9. The van der Waals surface area contributed by atoms with Gasteiger partial charge in [-0.1, -0.05) is 58.0 Å². The van der Waals surface area contributed by atoms with Gasteiger partial charge in [-0.3, -0.25) is 19.2 Å². The van der Waals surface area contributed by atoms with Crippen molar-refractivity contribution >= 4 is 29.6 Å². The predicted octanol–water partition coefficient (Wildman–Crippen LogP) is 3.10. The van der Waals surface area contributed by atoms with Crippen LogP contribution in [-0.4, -0.2) is 73.2 Å². The Morgan fingerprint density at radius 1 is 1.02 bits per heavy atom. The second-order valence-electron chi connectivity index (χ2n) is 11.1. The van der Waals surface area contributed by atoms with Crippen LogP contribution in [-0.2, 0) is 39.8 Å². The Morgan fingerprint density at radius 2 is 1.73 bits per heavy atom. The first-order chi connectivity index (χ1) is 20.9. The van der Waals surface area contributed by atoms with Crippen LogP contribution in [0.15, 0.2) is 42.6 Å². The maximum absolute atomic E-state index is 13.4. The average molecular weight is 613 g/mol. The normalized spacial score (nSPS) is 20.5. The topological polar surface area (TPSA) is 156 Å². The summed E-state index contributed by atoms with van der Waals surface area (Å²) in [6, 6.07) is 9.16. The van der Waals surface area contributed by atoms with E-state index in [4.69, 9.17) is 23.7 Å². The maximum atomic E-state index is 13.4. The fourth-order valence-corrected chi connectivity index (χ4v) is 4.41. The molecule has 2 heterocycles. The van der Waals surface area contributed by atoms with E-state index in [1.807, 2.05) is 30.3 Å². The SMILES string of the molecule is COc1ccnc(C(=O)N[C@H]2COC(=O)[C@H](Cc3ccccc3)[C@@H](OC(=O)C(C)C)[C@H](C)OC2=O)c1OCCC(=O)C(C)C. The minimum atomic E-state index is -1.42. The van der Waals surface area contributed by atoms with E-state index in [0.29, 0.717) is 0 Å². The van der Waals surface area contributed by atoms with Gasteiger partial charge in [-0.15, -0.1) is 0 Å². The number of pyridine rings is 1. The highest BCUT2D eigenvalue weighted by molar-refractivity contribution is 5.98. The van der Waals surface area contributed by atoms with Gasteiger partial charge in [0.05, 0.1) is 19.6 Å². The highest BCUT2D eigenvalue weighted by Gasteiger charge is 2.42. The zero-order chi connectivity index (χ0) is 32.4. The van der Waals surface area contributed by atoms with Crippen LogP contribution >= 0.6 is 0 Å².